The Morgan fingerprint density at radius 3 is 2.80 bits per heavy atom. The highest BCUT2D eigenvalue weighted by molar-refractivity contribution is 6.30. The predicted octanol–water partition coefficient (Wildman–Crippen LogP) is 1.99. The summed E-state index contributed by atoms with van der Waals surface area (Å²) in [6.07, 6.45) is 0.236. The molecule has 4 heteroatoms. The van der Waals surface area contributed by atoms with Crippen LogP contribution >= 0.6 is 11.6 Å². The van der Waals surface area contributed by atoms with E-state index in [2.05, 4.69) is 5.32 Å². The molecule has 0 spiro atoms. The van der Waals surface area contributed by atoms with E-state index in [1.54, 1.807) is 20.0 Å². The van der Waals surface area contributed by atoms with E-state index in [-0.39, 0.29) is 12.2 Å². The van der Waals surface area contributed by atoms with Gasteiger partial charge in [-0.25, -0.2) is 4.39 Å². The number of benzene rings is 1. The van der Waals surface area contributed by atoms with Gasteiger partial charge in [0.05, 0.1) is 5.60 Å². The highest BCUT2D eigenvalue weighted by atomic mass is 35.5. The lowest BCUT2D eigenvalue weighted by atomic mass is 9.96. The molecule has 0 amide bonds. The van der Waals surface area contributed by atoms with Crippen LogP contribution in [-0.2, 0) is 6.42 Å². The summed E-state index contributed by atoms with van der Waals surface area (Å²) in [5, 5.41) is 13.2. The number of nitrogens with one attached hydrogen (secondary N) is 1. The Morgan fingerprint density at radius 2 is 2.20 bits per heavy atom. The van der Waals surface area contributed by atoms with E-state index in [1.807, 2.05) is 0 Å². The molecule has 0 radical (unpaired) electrons. The van der Waals surface area contributed by atoms with Gasteiger partial charge in [0.1, 0.15) is 5.82 Å². The molecule has 0 fully saturated rings. The topological polar surface area (TPSA) is 32.3 Å². The predicted molar refractivity (Wildman–Crippen MR) is 59.7 cm³/mol. The fourth-order valence-corrected chi connectivity index (χ4v) is 1.73. The largest absolute Gasteiger partial charge is 0.389 e. The molecule has 1 aromatic carbocycles. The van der Waals surface area contributed by atoms with E-state index in [0.717, 1.165) is 0 Å². The molecule has 2 nitrogen and oxygen atoms in total. The first-order valence-electron chi connectivity index (χ1n) is 4.75. The van der Waals surface area contributed by atoms with Gasteiger partial charge in [0, 0.05) is 18.0 Å². The van der Waals surface area contributed by atoms with Gasteiger partial charge in [-0.2, -0.15) is 0 Å². The Balaban J connectivity index is 2.83. The van der Waals surface area contributed by atoms with Crippen molar-refractivity contribution >= 4 is 11.6 Å². The zero-order valence-electron chi connectivity index (χ0n) is 8.85. The van der Waals surface area contributed by atoms with Crippen molar-refractivity contribution in [1.29, 1.82) is 0 Å². The van der Waals surface area contributed by atoms with E-state index in [4.69, 9.17) is 11.6 Å². The molecular weight excluding hydrogens is 217 g/mol. The maximum Gasteiger partial charge on any atom is 0.126 e. The molecule has 2 N–H and O–H groups in total. The van der Waals surface area contributed by atoms with Crippen LogP contribution in [0, 0.1) is 5.82 Å². The lowest BCUT2D eigenvalue weighted by Gasteiger charge is -2.23. The first-order valence-corrected chi connectivity index (χ1v) is 5.13. The summed E-state index contributed by atoms with van der Waals surface area (Å²) < 4.78 is 13.4. The van der Waals surface area contributed by atoms with Gasteiger partial charge in [0.2, 0.25) is 0 Å². The van der Waals surface area contributed by atoms with Crippen molar-refractivity contribution in [3.8, 4) is 0 Å². The van der Waals surface area contributed by atoms with Crippen molar-refractivity contribution in [2.75, 3.05) is 13.6 Å². The average molecular weight is 232 g/mol. The van der Waals surface area contributed by atoms with Crippen LogP contribution in [0.4, 0.5) is 4.39 Å². The summed E-state index contributed by atoms with van der Waals surface area (Å²) in [4.78, 5) is 0. The van der Waals surface area contributed by atoms with Crippen LogP contribution in [0.15, 0.2) is 18.2 Å². The Labute approximate surface area is 94.1 Å². The number of aliphatic hydroxyl groups is 1. The number of hydrogen-bond acceptors (Lipinski definition) is 2. The highest BCUT2D eigenvalue weighted by Crippen LogP contribution is 2.19. The van der Waals surface area contributed by atoms with Gasteiger partial charge < -0.3 is 10.4 Å². The van der Waals surface area contributed by atoms with Crippen LogP contribution in [0.5, 0.6) is 0 Å². The molecule has 0 aliphatic rings. The minimum absolute atomic E-state index is 0.236. The third kappa shape index (κ3) is 3.78. The van der Waals surface area contributed by atoms with E-state index in [1.165, 1.54) is 12.1 Å². The van der Waals surface area contributed by atoms with Crippen molar-refractivity contribution in [3.05, 3.63) is 34.6 Å². The Hall–Kier alpha value is -0.640. The smallest absolute Gasteiger partial charge is 0.126 e. The molecule has 0 saturated heterocycles. The third-order valence-electron chi connectivity index (χ3n) is 2.14. The molecule has 1 rings (SSSR count). The molecule has 1 atom stereocenters. The molecule has 15 heavy (non-hydrogen) atoms. The lowest BCUT2D eigenvalue weighted by Crippen LogP contribution is -2.38. The number of halogens is 2. The first-order chi connectivity index (χ1) is 6.94. The number of hydrogen-bond donors (Lipinski definition) is 2. The van der Waals surface area contributed by atoms with E-state index in [0.29, 0.717) is 17.1 Å². The van der Waals surface area contributed by atoms with Crippen molar-refractivity contribution in [3.63, 3.8) is 0 Å². The average Bonchev–Trinajstić information content (AvgIpc) is 2.10. The number of likely N-dealkylation sites (N-methyl/N-ethyl adjacent to an activating group) is 1. The summed E-state index contributed by atoms with van der Waals surface area (Å²) in [5.41, 5.74) is -0.539. The van der Waals surface area contributed by atoms with Gasteiger partial charge in [0.25, 0.3) is 0 Å². The Kier molecular flexibility index (Phi) is 4.08. The minimum atomic E-state index is -0.972. The summed E-state index contributed by atoms with van der Waals surface area (Å²) in [5.74, 6) is -0.337. The van der Waals surface area contributed by atoms with E-state index >= 15 is 0 Å². The third-order valence-corrected chi connectivity index (χ3v) is 2.37. The molecule has 0 bridgehead atoms. The van der Waals surface area contributed by atoms with Crippen molar-refractivity contribution in [2.24, 2.45) is 0 Å². The van der Waals surface area contributed by atoms with Gasteiger partial charge in [-0.3, -0.25) is 0 Å². The molecule has 1 unspecified atom stereocenters. The zero-order chi connectivity index (χ0) is 11.5. The lowest BCUT2D eigenvalue weighted by molar-refractivity contribution is 0.0614. The zero-order valence-corrected chi connectivity index (χ0v) is 9.61. The second-order valence-electron chi connectivity index (χ2n) is 3.94. The molecule has 84 valence electrons. The number of rotatable bonds is 4. The maximum atomic E-state index is 13.4. The van der Waals surface area contributed by atoms with Crippen LogP contribution in [-0.4, -0.2) is 24.3 Å². The van der Waals surface area contributed by atoms with Crippen LogP contribution in [0.1, 0.15) is 12.5 Å². The van der Waals surface area contributed by atoms with Crippen LogP contribution in [0.3, 0.4) is 0 Å². The summed E-state index contributed by atoms with van der Waals surface area (Å²) in [6, 6.07) is 4.35. The molecule has 0 aromatic heterocycles. The van der Waals surface area contributed by atoms with Crippen molar-refractivity contribution < 1.29 is 9.50 Å². The molecule has 0 aliphatic carbocycles. The maximum absolute atomic E-state index is 13.4. The monoisotopic (exact) mass is 231 g/mol. The molecule has 0 heterocycles. The fraction of sp³-hybridized carbons (Fsp3) is 0.455. The standard InChI is InChI=1S/C11H15ClFNO/c1-11(15,7-14-2)6-8-5-9(12)3-4-10(8)13/h3-5,14-15H,6-7H2,1-2H3. The van der Waals surface area contributed by atoms with Gasteiger partial charge in [-0.1, -0.05) is 11.6 Å². The van der Waals surface area contributed by atoms with Gasteiger partial charge >= 0.3 is 0 Å². The fourth-order valence-electron chi connectivity index (χ4n) is 1.53. The minimum Gasteiger partial charge on any atom is -0.389 e. The Morgan fingerprint density at radius 1 is 1.53 bits per heavy atom. The first kappa shape index (κ1) is 12.4. The second kappa shape index (κ2) is 4.92. The molecule has 0 saturated carbocycles. The van der Waals surface area contributed by atoms with Gasteiger partial charge in [-0.05, 0) is 37.7 Å². The molecule has 0 aliphatic heterocycles. The SMILES string of the molecule is CNCC(C)(O)Cc1cc(Cl)ccc1F. The molecular formula is C11H15ClFNO. The van der Waals surface area contributed by atoms with Crippen LogP contribution < -0.4 is 5.32 Å². The van der Waals surface area contributed by atoms with E-state index < -0.39 is 5.60 Å². The van der Waals surface area contributed by atoms with Crippen molar-refractivity contribution in [2.45, 2.75) is 18.9 Å². The summed E-state index contributed by atoms with van der Waals surface area (Å²) in [7, 11) is 1.74. The summed E-state index contributed by atoms with van der Waals surface area (Å²) in [6.45, 7) is 2.06. The second-order valence-corrected chi connectivity index (χ2v) is 4.38. The highest BCUT2D eigenvalue weighted by Gasteiger charge is 2.21. The quantitative estimate of drug-likeness (QED) is 0.831. The summed E-state index contributed by atoms with van der Waals surface area (Å²) >= 11 is 5.76. The van der Waals surface area contributed by atoms with Crippen LogP contribution in [0.25, 0.3) is 0 Å². The van der Waals surface area contributed by atoms with Crippen molar-refractivity contribution in [1.82, 2.24) is 5.32 Å². The van der Waals surface area contributed by atoms with E-state index in [9.17, 15) is 9.50 Å². The Bertz CT molecular complexity index is 341. The van der Waals surface area contributed by atoms with Gasteiger partial charge in [0.15, 0.2) is 0 Å². The van der Waals surface area contributed by atoms with Crippen LogP contribution in [0.2, 0.25) is 5.02 Å². The molecule has 1 aromatic rings. The normalized spacial score (nSPS) is 15.0. The van der Waals surface area contributed by atoms with Gasteiger partial charge in [-0.15, -0.1) is 0 Å².